The number of amides is 1. The van der Waals surface area contributed by atoms with Gasteiger partial charge in [-0.3, -0.25) is 14.9 Å². The van der Waals surface area contributed by atoms with Crippen LogP contribution < -0.4 is 0 Å². The molecule has 1 heterocycles. The molecule has 4 aliphatic carbocycles. The van der Waals surface area contributed by atoms with Crippen molar-refractivity contribution in [2.75, 3.05) is 6.54 Å². The molecule has 1 aromatic carbocycles. The van der Waals surface area contributed by atoms with Crippen LogP contribution in [0.4, 0.5) is 5.69 Å². The largest absolute Gasteiger partial charge is 0.459 e. The number of rotatable bonds is 5. The number of carbonyl (C=O) groups is 2. The summed E-state index contributed by atoms with van der Waals surface area (Å²) in [5, 5.41) is 10.9. The summed E-state index contributed by atoms with van der Waals surface area (Å²) in [6, 6.07) is 5.59. The summed E-state index contributed by atoms with van der Waals surface area (Å²) in [5.41, 5.74) is 0.301. The number of nitrogens with zero attached hydrogens (tertiary/aromatic N) is 2. The second-order valence-corrected chi connectivity index (χ2v) is 9.89. The highest BCUT2D eigenvalue weighted by molar-refractivity contribution is 5.89. The zero-order valence-corrected chi connectivity index (χ0v) is 17.1. The average molecular weight is 412 g/mol. The van der Waals surface area contributed by atoms with Gasteiger partial charge in [0.2, 0.25) is 5.91 Å². The van der Waals surface area contributed by atoms with Crippen LogP contribution in [0.15, 0.2) is 24.3 Å². The van der Waals surface area contributed by atoms with Crippen LogP contribution in [-0.4, -0.2) is 34.3 Å². The van der Waals surface area contributed by atoms with E-state index in [4.69, 9.17) is 4.74 Å². The Hall–Kier alpha value is -2.44. The van der Waals surface area contributed by atoms with Crippen LogP contribution in [0.3, 0.4) is 0 Å². The molecule has 160 valence electrons. The lowest BCUT2D eigenvalue weighted by molar-refractivity contribution is -0.384. The van der Waals surface area contributed by atoms with Crippen LogP contribution in [-0.2, 0) is 20.9 Å². The first-order valence-electron chi connectivity index (χ1n) is 11.1. The lowest BCUT2D eigenvalue weighted by Gasteiger charge is -2.56. The minimum absolute atomic E-state index is 0.0175. The maximum Gasteiger partial charge on any atom is 0.329 e. The molecular weight excluding hydrogens is 384 g/mol. The SMILES string of the molecule is O=C(OCc1cccc([N+](=O)[O-])c1)[C@@H]1CCCN1C(=O)C12CC3CC(CC(C3)C1)C2. The predicted octanol–water partition coefficient (Wildman–Crippen LogP) is 3.85. The van der Waals surface area contributed by atoms with Gasteiger partial charge < -0.3 is 9.64 Å². The molecule has 0 radical (unpaired) electrons. The molecule has 0 unspecified atom stereocenters. The zero-order chi connectivity index (χ0) is 20.9. The van der Waals surface area contributed by atoms with E-state index in [1.807, 2.05) is 0 Å². The number of benzene rings is 1. The topological polar surface area (TPSA) is 89.8 Å². The number of hydrogen-bond acceptors (Lipinski definition) is 5. The summed E-state index contributed by atoms with van der Waals surface area (Å²) in [6.45, 7) is 0.605. The van der Waals surface area contributed by atoms with Crippen molar-refractivity contribution in [1.29, 1.82) is 0 Å². The van der Waals surface area contributed by atoms with E-state index in [2.05, 4.69) is 0 Å². The van der Waals surface area contributed by atoms with Crippen LogP contribution in [0, 0.1) is 33.3 Å². The number of esters is 1. The number of hydrogen-bond donors (Lipinski definition) is 0. The number of ether oxygens (including phenoxy) is 1. The fraction of sp³-hybridized carbons (Fsp3) is 0.652. The van der Waals surface area contributed by atoms with Crippen molar-refractivity contribution in [3.63, 3.8) is 0 Å². The third-order valence-corrected chi connectivity index (χ3v) is 7.78. The third-order valence-electron chi connectivity index (χ3n) is 7.78. The molecule has 30 heavy (non-hydrogen) atoms. The maximum absolute atomic E-state index is 13.7. The van der Waals surface area contributed by atoms with Gasteiger partial charge in [-0.1, -0.05) is 12.1 Å². The summed E-state index contributed by atoms with van der Waals surface area (Å²) in [7, 11) is 0. The Balaban J connectivity index is 1.26. The van der Waals surface area contributed by atoms with Crippen LogP contribution in [0.1, 0.15) is 56.9 Å². The van der Waals surface area contributed by atoms with Crippen molar-refractivity contribution in [1.82, 2.24) is 4.90 Å². The number of carbonyl (C=O) groups excluding carboxylic acids is 2. The van der Waals surface area contributed by atoms with E-state index in [0.29, 0.717) is 36.3 Å². The average Bonchev–Trinajstić information content (AvgIpc) is 3.20. The summed E-state index contributed by atoms with van der Waals surface area (Å²) < 4.78 is 5.49. The Labute approximate surface area is 175 Å². The Morgan fingerprint density at radius 3 is 2.43 bits per heavy atom. The second kappa shape index (κ2) is 7.36. The van der Waals surface area contributed by atoms with Gasteiger partial charge in [0.1, 0.15) is 12.6 Å². The summed E-state index contributed by atoms with van der Waals surface area (Å²) in [5.74, 6) is 1.83. The van der Waals surface area contributed by atoms with E-state index in [1.165, 1.54) is 31.4 Å². The minimum Gasteiger partial charge on any atom is -0.459 e. The van der Waals surface area contributed by atoms with Gasteiger partial charge in [0.05, 0.1) is 10.3 Å². The molecule has 7 heteroatoms. The maximum atomic E-state index is 13.7. The molecule has 0 N–H and O–H groups in total. The molecule has 1 atom stereocenters. The molecule has 4 saturated carbocycles. The van der Waals surface area contributed by atoms with Gasteiger partial charge in [-0.25, -0.2) is 4.79 Å². The van der Waals surface area contributed by atoms with E-state index >= 15 is 0 Å². The van der Waals surface area contributed by atoms with Crippen molar-refractivity contribution < 1.29 is 19.2 Å². The predicted molar refractivity (Wildman–Crippen MR) is 108 cm³/mol. The monoisotopic (exact) mass is 412 g/mol. The van der Waals surface area contributed by atoms with E-state index in [1.54, 1.807) is 17.0 Å². The number of likely N-dealkylation sites (tertiary alicyclic amines) is 1. The normalized spacial score (nSPS) is 34.2. The molecule has 0 spiro atoms. The van der Waals surface area contributed by atoms with Gasteiger partial charge in [0, 0.05) is 18.7 Å². The third kappa shape index (κ3) is 3.38. The van der Waals surface area contributed by atoms with Gasteiger partial charge in [0.15, 0.2) is 0 Å². The lowest BCUT2D eigenvalue weighted by atomic mass is 9.49. The Morgan fingerprint density at radius 2 is 1.80 bits per heavy atom. The Morgan fingerprint density at radius 1 is 1.13 bits per heavy atom. The first-order valence-corrected chi connectivity index (χ1v) is 11.1. The van der Waals surface area contributed by atoms with E-state index in [9.17, 15) is 19.7 Å². The molecule has 5 aliphatic rings. The molecule has 7 nitrogen and oxygen atoms in total. The molecule has 0 aromatic heterocycles. The van der Waals surface area contributed by atoms with Gasteiger partial charge >= 0.3 is 5.97 Å². The van der Waals surface area contributed by atoms with E-state index < -0.39 is 16.9 Å². The van der Waals surface area contributed by atoms with Crippen molar-refractivity contribution in [3.05, 3.63) is 39.9 Å². The van der Waals surface area contributed by atoms with Crippen molar-refractivity contribution in [3.8, 4) is 0 Å². The van der Waals surface area contributed by atoms with Crippen molar-refractivity contribution in [2.24, 2.45) is 23.2 Å². The van der Waals surface area contributed by atoms with Crippen LogP contribution in [0.5, 0.6) is 0 Å². The first kappa shape index (κ1) is 19.5. The summed E-state index contributed by atoms with van der Waals surface area (Å²) in [6.07, 6.45) is 8.25. The van der Waals surface area contributed by atoms with Crippen LogP contribution in [0.2, 0.25) is 0 Å². The quantitative estimate of drug-likeness (QED) is 0.416. The standard InChI is InChI=1S/C23H28N2O5/c26-21(30-14-15-3-1-4-19(10-15)25(28)29)20-5-2-6-24(20)22(27)23-11-16-7-17(12-23)9-18(8-16)13-23/h1,3-4,10,16-18,20H,2,5-9,11-14H2/t16?,17?,18?,20-,23?/m0/s1. The van der Waals surface area contributed by atoms with Gasteiger partial charge in [0.25, 0.3) is 5.69 Å². The van der Waals surface area contributed by atoms with Gasteiger partial charge in [-0.05, 0) is 74.7 Å². The second-order valence-electron chi connectivity index (χ2n) is 9.89. The fourth-order valence-electron chi connectivity index (χ4n) is 6.94. The van der Waals surface area contributed by atoms with Gasteiger partial charge in [-0.2, -0.15) is 0 Å². The molecule has 1 amide bonds. The molecular formula is C23H28N2O5. The summed E-state index contributed by atoms with van der Waals surface area (Å²) >= 11 is 0. The highest BCUT2D eigenvalue weighted by Gasteiger charge is 2.56. The zero-order valence-electron chi connectivity index (χ0n) is 17.1. The molecule has 6 rings (SSSR count). The first-order chi connectivity index (χ1) is 14.4. The Bertz CT molecular complexity index is 847. The highest BCUT2D eigenvalue weighted by Crippen LogP contribution is 2.60. The molecule has 5 fully saturated rings. The van der Waals surface area contributed by atoms with E-state index in [-0.39, 0.29) is 23.6 Å². The molecule has 1 aliphatic heterocycles. The van der Waals surface area contributed by atoms with Crippen molar-refractivity contribution >= 4 is 17.6 Å². The number of nitro benzene ring substituents is 1. The van der Waals surface area contributed by atoms with Crippen molar-refractivity contribution in [2.45, 2.75) is 64.0 Å². The molecule has 4 bridgehead atoms. The minimum atomic E-state index is -0.524. The molecule has 1 aromatic rings. The summed E-state index contributed by atoms with van der Waals surface area (Å²) in [4.78, 5) is 38.7. The smallest absolute Gasteiger partial charge is 0.329 e. The number of non-ortho nitro benzene ring substituents is 1. The fourth-order valence-corrected chi connectivity index (χ4v) is 6.94. The van der Waals surface area contributed by atoms with Crippen LogP contribution >= 0.6 is 0 Å². The lowest BCUT2D eigenvalue weighted by Crippen LogP contribution is -2.56. The highest BCUT2D eigenvalue weighted by atomic mass is 16.6. The van der Waals surface area contributed by atoms with Crippen LogP contribution in [0.25, 0.3) is 0 Å². The Kier molecular flexibility index (Phi) is 4.79. The van der Waals surface area contributed by atoms with Gasteiger partial charge in [-0.15, -0.1) is 0 Å². The number of nitro groups is 1. The molecule has 1 saturated heterocycles. The van der Waals surface area contributed by atoms with E-state index in [0.717, 1.165) is 25.7 Å².